The minimum atomic E-state index is -3.50. The third-order valence-electron chi connectivity index (χ3n) is 2.46. The first-order chi connectivity index (χ1) is 8.62. The molecule has 0 atom stereocenters. The first-order valence-electron chi connectivity index (χ1n) is 5.38. The van der Waals surface area contributed by atoms with Crippen LogP contribution in [0.25, 0.3) is 0 Å². The summed E-state index contributed by atoms with van der Waals surface area (Å²) in [6.45, 7) is 0.508. The molecule has 0 saturated carbocycles. The van der Waals surface area contributed by atoms with E-state index in [9.17, 15) is 8.42 Å². The van der Waals surface area contributed by atoms with Crippen molar-refractivity contribution >= 4 is 10.0 Å². The Morgan fingerprint density at radius 3 is 2.67 bits per heavy atom. The molecule has 0 aliphatic carbocycles. The van der Waals surface area contributed by atoms with Gasteiger partial charge in [-0.15, -0.1) is 0 Å². The van der Waals surface area contributed by atoms with E-state index in [1.807, 2.05) is 0 Å². The van der Waals surface area contributed by atoms with Crippen LogP contribution in [0.4, 0.5) is 0 Å². The van der Waals surface area contributed by atoms with Crippen molar-refractivity contribution < 1.29 is 8.42 Å². The van der Waals surface area contributed by atoms with Gasteiger partial charge < -0.3 is 10.7 Å². The van der Waals surface area contributed by atoms with E-state index in [-0.39, 0.29) is 18.0 Å². The Morgan fingerprint density at radius 1 is 1.33 bits per heavy atom. The van der Waals surface area contributed by atoms with Crippen molar-refractivity contribution in [2.45, 2.75) is 18.0 Å². The number of pyridine rings is 1. The molecule has 0 aliphatic rings. The Labute approximate surface area is 105 Å². The second-order valence-corrected chi connectivity index (χ2v) is 5.51. The number of rotatable bonds is 5. The highest BCUT2D eigenvalue weighted by Gasteiger charge is 2.15. The Kier molecular flexibility index (Phi) is 3.75. The number of nitrogens with zero attached hydrogens (tertiary/aromatic N) is 1. The number of H-pyrrole nitrogens is 1. The lowest BCUT2D eigenvalue weighted by atomic mass is 10.3. The highest BCUT2D eigenvalue weighted by molar-refractivity contribution is 7.89. The molecule has 0 fully saturated rings. The van der Waals surface area contributed by atoms with Crippen molar-refractivity contribution in [3.63, 3.8) is 0 Å². The predicted molar refractivity (Wildman–Crippen MR) is 66.9 cm³/mol. The van der Waals surface area contributed by atoms with Crippen molar-refractivity contribution in [1.82, 2.24) is 14.7 Å². The standard InChI is InChI=1S/C11H14N4O2S/c12-6-10-5-11(8-14-10)18(16,17)15-7-9-1-3-13-4-2-9/h1-5,8,14-15H,6-7,12H2. The molecule has 0 unspecified atom stereocenters. The molecule has 2 rings (SSSR count). The van der Waals surface area contributed by atoms with Crippen LogP contribution in [0, 0.1) is 0 Å². The highest BCUT2D eigenvalue weighted by atomic mass is 32.2. The number of aromatic amines is 1. The van der Waals surface area contributed by atoms with Gasteiger partial charge in [0.15, 0.2) is 0 Å². The van der Waals surface area contributed by atoms with Gasteiger partial charge >= 0.3 is 0 Å². The molecule has 96 valence electrons. The van der Waals surface area contributed by atoms with Crippen LogP contribution in [-0.4, -0.2) is 18.4 Å². The van der Waals surface area contributed by atoms with Gasteiger partial charge in [0, 0.05) is 37.4 Å². The van der Waals surface area contributed by atoms with E-state index >= 15 is 0 Å². The molecule has 0 saturated heterocycles. The van der Waals surface area contributed by atoms with Gasteiger partial charge in [0.1, 0.15) is 0 Å². The number of hydrogen-bond donors (Lipinski definition) is 3. The van der Waals surface area contributed by atoms with Gasteiger partial charge in [-0.05, 0) is 23.8 Å². The molecule has 6 nitrogen and oxygen atoms in total. The van der Waals surface area contributed by atoms with Crippen molar-refractivity contribution in [3.05, 3.63) is 48.0 Å². The summed E-state index contributed by atoms with van der Waals surface area (Å²) in [5, 5.41) is 0. The maximum Gasteiger partial charge on any atom is 0.242 e. The third-order valence-corrected chi connectivity index (χ3v) is 3.84. The van der Waals surface area contributed by atoms with Crippen LogP contribution in [0.1, 0.15) is 11.3 Å². The van der Waals surface area contributed by atoms with Crippen molar-refractivity contribution in [2.75, 3.05) is 0 Å². The quantitative estimate of drug-likeness (QED) is 0.726. The largest absolute Gasteiger partial charge is 0.363 e. The average molecular weight is 266 g/mol. The minimum absolute atomic E-state index is 0.192. The molecule has 2 aromatic heterocycles. The normalized spacial score (nSPS) is 11.6. The summed E-state index contributed by atoms with van der Waals surface area (Å²) in [6, 6.07) is 5.03. The van der Waals surface area contributed by atoms with Gasteiger partial charge in [0.05, 0.1) is 4.90 Å². The molecule has 0 radical (unpaired) electrons. The fourth-order valence-electron chi connectivity index (χ4n) is 1.45. The summed E-state index contributed by atoms with van der Waals surface area (Å²) in [5.74, 6) is 0. The lowest BCUT2D eigenvalue weighted by molar-refractivity contribution is 0.581. The molecule has 0 aliphatic heterocycles. The van der Waals surface area contributed by atoms with E-state index in [0.717, 1.165) is 5.56 Å². The van der Waals surface area contributed by atoms with E-state index in [0.29, 0.717) is 5.69 Å². The van der Waals surface area contributed by atoms with Crippen LogP contribution in [-0.2, 0) is 23.1 Å². The predicted octanol–water partition coefficient (Wildman–Crippen LogP) is 0.347. The van der Waals surface area contributed by atoms with Crippen LogP contribution >= 0.6 is 0 Å². The SMILES string of the molecule is NCc1cc(S(=O)(=O)NCc2ccncc2)c[nH]1. The van der Waals surface area contributed by atoms with E-state index in [2.05, 4.69) is 14.7 Å². The fraction of sp³-hybridized carbons (Fsp3) is 0.182. The second kappa shape index (κ2) is 5.30. The van der Waals surface area contributed by atoms with Crippen molar-refractivity contribution in [3.8, 4) is 0 Å². The van der Waals surface area contributed by atoms with Gasteiger partial charge in [-0.2, -0.15) is 0 Å². The van der Waals surface area contributed by atoms with Crippen LogP contribution in [0.3, 0.4) is 0 Å². The molecular formula is C11H14N4O2S. The van der Waals surface area contributed by atoms with Crippen LogP contribution in [0.2, 0.25) is 0 Å². The maximum absolute atomic E-state index is 11.9. The Hall–Kier alpha value is -1.70. The zero-order valence-corrected chi connectivity index (χ0v) is 10.4. The molecule has 4 N–H and O–H groups in total. The second-order valence-electron chi connectivity index (χ2n) is 3.74. The molecule has 2 heterocycles. The third kappa shape index (κ3) is 2.95. The number of aromatic nitrogens is 2. The summed E-state index contributed by atoms with van der Waals surface area (Å²) >= 11 is 0. The summed E-state index contributed by atoms with van der Waals surface area (Å²) in [6.07, 6.45) is 4.66. The Balaban J connectivity index is 2.08. The Morgan fingerprint density at radius 2 is 2.06 bits per heavy atom. The first kappa shape index (κ1) is 12.7. The van der Waals surface area contributed by atoms with Gasteiger partial charge in [-0.25, -0.2) is 13.1 Å². The zero-order valence-electron chi connectivity index (χ0n) is 9.63. The molecular weight excluding hydrogens is 252 g/mol. The smallest absolute Gasteiger partial charge is 0.242 e. The van der Waals surface area contributed by atoms with E-state index < -0.39 is 10.0 Å². The maximum atomic E-state index is 11.9. The van der Waals surface area contributed by atoms with Gasteiger partial charge in [-0.3, -0.25) is 4.98 Å². The van der Waals surface area contributed by atoms with Crippen molar-refractivity contribution in [1.29, 1.82) is 0 Å². The van der Waals surface area contributed by atoms with Crippen LogP contribution in [0.15, 0.2) is 41.7 Å². The average Bonchev–Trinajstić information content (AvgIpc) is 2.87. The zero-order chi connectivity index (χ0) is 13.0. The van der Waals surface area contributed by atoms with Crippen LogP contribution in [0.5, 0.6) is 0 Å². The molecule has 2 aromatic rings. The monoisotopic (exact) mass is 266 g/mol. The lowest BCUT2D eigenvalue weighted by Crippen LogP contribution is -2.22. The first-order valence-corrected chi connectivity index (χ1v) is 6.86. The number of nitrogens with two attached hydrogens (primary N) is 1. The number of sulfonamides is 1. The molecule has 18 heavy (non-hydrogen) atoms. The van der Waals surface area contributed by atoms with E-state index in [1.54, 1.807) is 24.5 Å². The van der Waals surface area contributed by atoms with Crippen molar-refractivity contribution in [2.24, 2.45) is 5.73 Å². The summed E-state index contributed by atoms with van der Waals surface area (Å²) in [5.41, 5.74) is 6.95. The summed E-state index contributed by atoms with van der Waals surface area (Å²) < 4.78 is 26.4. The number of nitrogens with one attached hydrogen (secondary N) is 2. The van der Waals surface area contributed by atoms with Gasteiger partial charge in [-0.1, -0.05) is 0 Å². The minimum Gasteiger partial charge on any atom is -0.363 e. The number of hydrogen-bond acceptors (Lipinski definition) is 4. The van der Waals surface area contributed by atoms with Gasteiger partial charge in [0.25, 0.3) is 0 Å². The fourth-order valence-corrected chi connectivity index (χ4v) is 2.49. The van der Waals surface area contributed by atoms with Gasteiger partial charge in [0.2, 0.25) is 10.0 Å². The molecule has 0 aromatic carbocycles. The summed E-state index contributed by atoms with van der Waals surface area (Å²) in [4.78, 5) is 6.86. The Bertz CT molecular complexity index is 607. The van der Waals surface area contributed by atoms with E-state index in [4.69, 9.17) is 5.73 Å². The highest BCUT2D eigenvalue weighted by Crippen LogP contribution is 2.10. The molecule has 0 spiro atoms. The van der Waals surface area contributed by atoms with E-state index in [1.165, 1.54) is 12.3 Å². The lowest BCUT2D eigenvalue weighted by Gasteiger charge is -2.04. The molecule has 0 bridgehead atoms. The molecule has 0 amide bonds. The molecule has 7 heteroatoms. The van der Waals surface area contributed by atoms with Crippen LogP contribution < -0.4 is 10.5 Å². The summed E-state index contributed by atoms with van der Waals surface area (Å²) in [7, 11) is -3.50. The topological polar surface area (TPSA) is 101 Å².